The molecule has 6 nitrogen and oxygen atoms in total. The Labute approximate surface area is 170 Å². The molecule has 1 aliphatic rings. The maximum Gasteiger partial charge on any atom is 0.233 e. The third kappa shape index (κ3) is 4.77. The van der Waals surface area contributed by atoms with Gasteiger partial charge in [0.15, 0.2) is 0 Å². The topological polar surface area (TPSA) is 77.2 Å². The molecule has 0 unspecified atom stereocenters. The molecule has 1 saturated heterocycles. The molecule has 1 fully saturated rings. The molecule has 0 spiro atoms. The number of fused-ring (bicyclic) bond motifs is 1. The predicted octanol–water partition coefficient (Wildman–Crippen LogP) is 3.46. The zero-order valence-corrected chi connectivity index (χ0v) is 16.4. The fourth-order valence-electron chi connectivity index (χ4n) is 3.82. The minimum absolute atomic E-state index is 0.179. The minimum Gasteiger partial charge on any atom is -0.372 e. The quantitative estimate of drug-likeness (QED) is 0.541. The summed E-state index contributed by atoms with van der Waals surface area (Å²) in [5, 5.41) is 6.79. The van der Waals surface area contributed by atoms with Gasteiger partial charge in [-0.25, -0.2) is 0 Å². The average molecular weight is 390 g/mol. The third-order valence-electron chi connectivity index (χ3n) is 5.33. The number of hydrogen-bond donors (Lipinski definition) is 3. The van der Waals surface area contributed by atoms with Crippen LogP contribution < -0.4 is 15.5 Å². The first kappa shape index (κ1) is 19.1. The lowest BCUT2D eigenvalue weighted by atomic mass is 10.1. The zero-order chi connectivity index (χ0) is 20.1. The molecule has 0 aliphatic carbocycles. The van der Waals surface area contributed by atoms with Crippen LogP contribution in [0.2, 0.25) is 0 Å². The van der Waals surface area contributed by atoms with E-state index in [-0.39, 0.29) is 18.2 Å². The van der Waals surface area contributed by atoms with Gasteiger partial charge < -0.3 is 20.5 Å². The van der Waals surface area contributed by atoms with E-state index in [1.807, 2.05) is 48.7 Å². The normalized spacial score (nSPS) is 13.6. The second-order valence-corrected chi connectivity index (χ2v) is 7.43. The smallest absolute Gasteiger partial charge is 0.233 e. The second kappa shape index (κ2) is 8.82. The van der Waals surface area contributed by atoms with Crippen molar-refractivity contribution in [3.8, 4) is 0 Å². The Balaban J connectivity index is 1.21. The summed E-state index contributed by atoms with van der Waals surface area (Å²) in [6.45, 7) is 2.67. The summed E-state index contributed by atoms with van der Waals surface area (Å²) in [6, 6.07) is 15.9. The molecule has 2 amide bonds. The first-order chi connectivity index (χ1) is 14.2. The number of H-pyrrole nitrogens is 1. The van der Waals surface area contributed by atoms with Crippen molar-refractivity contribution in [1.29, 1.82) is 0 Å². The van der Waals surface area contributed by atoms with Gasteiger partial charge in [0.1, 0.15) is 6.42 Å². The summed E-state index contributed by atoms with van der Waals surface area (Å²) < 4.78 is 0. The van der Waals surface area contributed by atoms with Gasteiger partial charge in [0.2, 0.25) is 11.8 Å². The van der Waals surface area contributed by atoms with Gasteiger partial charge in [-0.2, -0.15) is 0 Å². The van der Waals surface area contributed by atoms with Crippen LogP contribution in [-0.2, 0) is 16.0 Å². The molecule has 1 aromatic heterocycles. The van der Waals surface area contributed by atoms with Crippen molar-refractivity contribution in [1.82, 2.24) is 10.3 Å². The van der Waals surface area contributed by atoms with Gasteiger partial charge in [0.25, 0.3) is 0 Å². The van der Waals surface area contributed by atoms with E-state index in [4.69, 9.17) is 0 Å². The molecule has 3 N–H and O–H groups in total. The number of hydrogen-bond acceptors (Lipinski definition) is 3. The first-order valence-corrected chi connectivity index (χ1v) is 10.2. The van der Waals surface area contributed by atoms with Crippen LogP contribution in [0.1, 0.15) is 24.8 Å². The maximum absolute atomic E-state index is 12.1. The molecule has 0 bridgehead atoms. The molecule has 0 saturated carbocycles. The molecule has 4 rings (SSSR count). The molecule has 1 aliphatic heterocycles. The SMILES string of the molecule is O=C(CC(=O)Nc1ccc(N2CCCC2)cc1)NCCc1c[nH]c2ccccc12. The molecule has 6 heteroatoms. The Morgan fingerprint density at radius 1 is 0.966 bits per heavy atom. The lowest BCUT2D eigenvalue weighted by Crippen LogP contribution is -2.29. The van der Waals surface area contributed by atoms with E-state index >= 15 is 0 Å². The van der Waals surface area contributed by atoms with E-state index in [0.29, 0.717) is 12.2 Å². The fourth-order valence-corrected chi connectivity index (χ4v) is 3.82. The van der Waals surface area contributed by atoms with Crippen LogP contribution in [0.4, 0.5) is 11.4 Å². The van der Waals surface area contributed by atoms with Crippen molar-refractivity contribution in [3.63, 3.8) is 0 Å². The number of nitrogens with zero attached hydrogens (tertiary/aromatic N) is 1. The number of benzene rings is 2. The Bertz CT molecular complexity index is 988. The van der Waals surface area contributed by atoms with Gasteiger partial charge in [0, 0.05) is 48.1 Å². The Morgan fingerprint density at radius 2 is 1.72 bits per heavy atom. The van der Waals surface area contributed by atoms with Gasteiger partial charge in [-0.05, 0) is 55.2 Å². The molecular formula is C23H26N4O2. The van der Waals surface area contributed by atoms with E-state index < -0.39 is 0 Å². The molecular weight excluding hydrogens is 364 g/mol. The predicted molar refractivity (Wildman–Crippen MR) is 116 cm³/mol. The van der Waals surface area contributed by atoms with Crippen LogP contribution >= 0.6 is 0 Å². The standard InChI is InChI=1S/C23H26N4O2/c28-22(24-12-11-17-16-25-21-6-2-1-5-20(17)21)15-23(29)26-18-7-9-19(10-8-18)27-13-3-4-14-27/h1-2,5-10,16,25H,3-4,11-15H2,(H,24,28)(H,26,29). The molecule has 3 aromatic rings. The van der Waals surface area contributed by atoms with Crippen LogP contribution in [0.15, 0.2) is 54.7 Å². The summed E-state index contributed by atoms with van der Waals surface area (Å²) >= 11 is 0. The number of carbonyl (C=O) groups excluding carboxylic acids is 2. The largest absolute Gasteiger partial charge is 0.372 e. The highest BCUT2D eigenvalue weighted by Gasteiger charge is 2.13. The molecule has 2 heterocycles. The summed E-state index contributed by atoms with van der Waals surface area (Å²) in [5.74, 6) is -0.570. The van der Waals surface area contributed by atoms with E-state index in [1.165, 1.54) is 18.5 Å². The lowest BCUT2D eigenvalue weighted by molar-refractivity contribution is -0.126. The fraction of sp³-hybridized carbons (Fsp3) is 0.304. The monoisotopic (exact) mass is 390 g/mol. The van der Waals surface area contributed by atoms with E-state index in [2.05, 4.69) is 26.6 Å². The van der Waals surface area contributed by atoms with Crippen LogP contribution in [0.5, 0.6) is 0 Å². The summed E-state index contributed by atoms with van der Waals surface area (Å²) in [5.41, 5.74) is 4.13. The van der Waals surface area contributed by atoms with Crippen LogP contribution in [-0.4, -0.2) is 36.4 Å². The van der Waals surface area contributed by atoms with Gasteiger partial charge in [-0.1, -0.05) is 18.2 Å². The van der Waals surface area contributed by atoms with E-state index in [9.17, 15) is 9.59 Å². The lowest BCUT2D eigenvalue weighted by Gasteiger charge is -2.17. The van der Waals surface area contributed by atoms with Crippen molar-refractivity contribution in [2.75, 3.05) is 29.9 Å². The number of aromatic nitrogens is 1. The van der Waals surface area contributed by atoms with Crippen LogP contribution in [0.3, 0.4) is 0 Å². The number of carbonyl (C=O) groups is 2. The van der Waals surface area contributed by atoms with Crippen LogP contribution in [0.25, 0.3) is 10.9 Å². The summed E-state index contributed by atoms with van der Waals surface area (Å²) in [7, 11) is 0. The number of nitrogens with one attached hydrogen (secondary N) is 3. The number of para-hydroxylation sites is 1. The van der Waals surface area contributed by atoms with Crippen molar-refractivity contribution < 1.29 is 9.59 Å². The van der Waals surface area contributed by atoms with Crippen LogP contribution in [0, 0.1) is 0 Å². The van der Waals surface area contributed by atoms with Gasteiger partial charge >= 0.3 is 0 Å². The van der Waals surface area contributed by atoms with Gasteiger partial charge in [-0.3, -0.25) is 9.59 Å². The Morgan fingerprint density at radius 3 is 2.52 bits per heavy atom. The third-order valence-corrected chi connectivity index (χ3v) is 5.33. The number of anilines is 2. The highest BCUT2D eigenvalue weighted by Crippen LogP contribution is 2.22. The Hall–Kier alpha value is -3.28. The molecule has 150 valence electrons. The molecule has 0 atom stereocenters. The minimum atomic E-state index is -0.302. The van der Waals surface area contributed by atoms with Crippen molar-refractivity contribution in [2.45, 2.75) is 25.7 Å². The molecule has 29 heavy (non-hydrogen) atoms. The first-order valence-electron chi connectivity index (χ1n) is 10.2. The second-order valence-electron chi connectivity index (χ2n) is 7.43. The van der Waals surface area contributed by atoms with Gasteiger partial charge in [-0.15, -0.1) is 0 Å². The summed E-state index contributed by atoms with van der Waals surface area (Å²) in [6.07, 6.45) is 4.97. The molecule has 0 radical (unpaired) electrons. The summed E-state index contributed by atoms with van der Waals surface area (Å²) in [4.78, 5) is 29.8. The number of amides is 2. The number of aromatic amines is 1. The van der Waals surface area contributed by atoms with Gasteiger partial charge in [0.05, 0.1) is 0 Å². The molecule has 2 aromatic carbocycles. The van der Waals surface area contributed by atoms with Crippen molar-refractivity contribution >= 4 is 34.1 Å². The highest BCUT2D eigenvalue weighted by molar-refractivity contribution is 6.03. The zero-order valence-electron chi connectivity index (χ0n) is 16.4. The average Bonchev–Trinajstić information content (AvgIpc) is 3.39. The van der Waals surface area contributed by atoms with E-state index in [1.54, 1.807) is 0 Å². The highest BCUT2D eigenvalue weighted by atomic mass is 16.2. The van der Waals surface area contributed by atoms with Crippen molar-refractivity contribution in [3.05, 3.63) is 60.3 Å². The maximum atomic E-state index is 12.1. The Kier molecular flexibility index (Phi) is 5.79. The van der Waals surface area contributed by atoms with E-state index in [0.717, 1.165) is 36.0 Å². The number of rotatable bonds is 7. The van der Waals surface area contributed by atoms with Crippen molar-refractivity contribution in [2.24, 2.45) is 0 Å².